The Morgan fingerprint density at radius 2 is 1.75 bits per heavy atom. The Kier molecular flexibility index (Phi) is 6.90. The van der Waals surface area contributed by atoms with Gasteiger partial charge in [0.1, 0.15) is 5.60 Å². The van der Waals surface area contributed by atoms with Gasteiger partial charge in [-0.3, -0.25) is 4.79 Å². The first-order chi connectivity index (χ1) is 13.6. The van der Waals surface area contributed by atoms with Crippen LogP contribution >= 0.6 is 0 Å². The van der Waals surface area contributed by atoms with E-state index in [-0.39, 0.29) is 25.0 Å². The summed E-state index contributed by atoms with van der Waals surface area (Å²) in [5.41, 5.74) is -0.349. The Hall–Kier alpha value is -2.57. The van der Waals surface area contributed by atoms with Gasteiger partial charge in [-0.25, -0.2) is 0 Å². The first-order valence-electron chi connectivity index (χ1n) is 9.51. The molecule has 2 aromatic rings. The van der Waals surface area contributed by atoms with E-state index in [0.29, 0.717) is 24.7 Å². The molecule has 2 aromatic carbocycles. The molecule has 1 fully saturated rings. The normalized spacial score (nSPS) is 16.8. The van der Waals surface area contributed by atoms with Crippen LogP contribution in [0, 0.1) is 5.92 Å². The summed E-state index contributed by atoms with van der Waals surface area (Å²) in [5.74, 6) is 0.785. The van der Waals surface area contributed by atoms with Crippen LogP contribution in [-0.2, 0) is 15.1 Å². The van der Waals surface area contributed by atoms with Gasteiger partial charge < -0.3 is 24.6 Å². The largest absolute Gasteiger partial charge is 0.493 e. The van der Waals surface area contributed by atoms with Crippen molar-refractivity contribution in [1.29, 1.82) is 0 Å². The zero-order chi connectivity index (χ0) is 19.8. The van der Waals surface area contributed by atoms with Crippen LogP contribution in [0.3, 0.4) is 0 Å². The van der Waals surface area contributed by atoms with E-state index in [2.05, 4.69) is 5.32 Å². The zero-order valence-electron chi connectivity index (χ0n) is 16.1. The highest BCUT2D eigenvalue weighted by atomic mass is 16.5. The molecule has 1 aliphatic rings. The summed E-state index contributed by atoms with van der Waals surface area (Å²) < 4.78 is 16.2. The molecule has 0 bridgehead atoms. The van der Waals surface area contributed by atoms with E-state index in [1.165, 1.54) is 0 Å². The summed E-state index contributed by atoms with van der Waals surface area (Å²) in [4.78, 5) is 12.4. The number of para-hydroxylation sites is 2. The van der Waals surface area contributed by atoms with E-state index in [1.54, 1.807) is 19.2 Å². The smallest absolute Gasteiger partial charge is 0.258 e. The zero-order valence-corrected chi connectivity index (χ0v) is 16.1. The topological polar surface area (TPSA) is 77.0 Å². The number of benzene rings is 2. The monoisotopic (exact) mass is 385 g/mol. The number of methoxy groups -OCH3 is 1. The molecule has 0 aliphatic carbocycles. The van der Waals surface area contributed by atoms with Crippen LogP contribution in [0.2, 0.25) is 0 Å². The number of ether oxygens (including phenoxy) is 3. The molecular formula is C22H27NO5. The van der Waals surface area contributed by atoms with Crippen LogP contribution in [0.1, 0.15) is 18.4 Å². The first kappa shape index (κ1) is 20.2. The lowest BCUT2D eigenvalue weighted by molar-refractivity contribution is -0.126. The van der Waals surface area contributed by atoms with Crippen molar-refractivity contribution in [1.82, 2.24) is 5.32 Å². The minimum atomic E-state index is -1.15. The summed E-state index contributed by atoms with van der Waals surface area (Å²) >= 11 is 0. The Labute approximate surface area is 165 Å². The predicted molar refractivity (Wildman–Crippen MR) is 105 cm³/mol. The Bertz CT molecular complexity index is 761. The molecule has 28 heavy (non-hydrogen) atoms. The highest BCUT2D eigenvalue weighted by Crippen LogP contribution is 2.35. The van der Waals surface area contributed by atoms with Gasteiger partial charge in [0.2, 0.25) is 0 Å². The number of nitrogens with one attached hydrogen (secondary N) is 1. The molecule has 1 heterocycles. The van der Waals surface area contributed by atoms with Crippen molar-refractivity contribution in [2.24, 2.45) is 5.92 Å². The third kappa shape index (κ3) is 4.82. The molecule has 1 aliphatic heterocycles. The summed E-state index contributed by atoms with van der Waals surface area (Å²) in [6, 6.07) is 16.7. The number of rotatable bonds is 8. The van der Waals surface area contributed by atoms with E-state index in [4.69, 9.17) is 14.2 Å². The van der Waals surface area contributed by atoms with E-state index < -0.39 is 5.60 Å². The molecular weight excluding hydrogens is 358 g/mol. The number of amides is 1. The van der Waals surface area contributed by atoms with Gasteiger partial charge in [-0.2, -0.15) is 0 Å². The van der Waals surface area contributed by atoms with Crippen molar-refractivity contribution < 1.29 is 24.1 Å². The Morgan fingerprint density at radius 3 is 2.43 bits per heavy atom. The molecule has 6 nitrogen and oxygen atoms in total. The van der Waals surface area contributed by atoms with Crippen LogP contribution in [0.25, 0.3) is 0 Å². The third-order valence-electron chi connectivity index (χ3n) is 5.15. The molecule has 1 amide bonds. The van der Waals surface area contributed by atoms with Crippen LogP contribution < -0.4 is 14.8 Å². The van der Waals surface area contributed by atoms with Crippen molar-refractivity contribution in [2.45, 2.75) is 18.4 Å². The summed E-state index contributed by atoms with van der Waals surface area (Å²) in [5, 5.41) is 14.3. The van der Waals surface area contributed by atoms with E-state index >= 15 is 0 Å². The van der Waals surface area contributed by atoms with Gasteiger partial charge in [-0.15, -0.1) is 0 Å². The van der Waals surface area contributed by atoms with E-state index in [1.807, 2.05) is 42.5 Å². The number of hydrogen-bond acceptors (Lipinski definition) is 5. The highest BCUT2D eigenvalue weighted by Gasteiger charge is 2.39. The molecule has 1 atom stereocenters. The maximum absolute atomic E-state index is 12.4. The van der Waals surface area contributed by atoms with Crippen LogP contribution in [0.15, 0.2) is 54.6 Å². The second-order valence-corrected chi connectivity index (χ2v) is 6.89. The number of aliphatic hydroxyl groups is 1. The predicted octanol–water partition coefficient (Wildman–Crippen LogP) is 2.50. The Morgan fingerprint density at radius 1 is 1.11 bits per heavy atom. The second-order valence-electron chi connectivity index (χ2n) is 6.89. The molecule has 3 rings (SSSR count). The fraction of sp³-hybridized carbons (Fsp3) is 0.409. The van der Waals surface area contributed by atoms with Crippen molar-refractivity contribution in [3.05, 3.63) is 60.2 Å². The molecule has 150 valence electrons. The lowest BCUT2D eigenvalue weighted by Gasteiger charge is -2.39. The van der Waals surface area contributed by atoms with Gasteiger partial charge in [0, 0.05) is 13.2 Å². The molecule has 1 saturated heterocycles. The van der Waals surface area contributed by atoms with Gasteiger partial charge in [0.25, 0.3) is 5.91 Å². The van der Waals surface area contributed by atoms with Crippen LogP contribution in [0.4, 0.5) is 0 Å². The molecule has 2 N–H and O–H groups in total. The highest BCUT2D eigenvalue weighted by molar-refractivity contribution is 5.77. The van der Waals surface area contributed by atoms with Gasteiger partial charge in [0.15, 0.2) is 18.1 Å². The van der Waals surface area contributed by atoms with Crippen LogP contribution in [0.5, 0.6) is 11.5 Å². The molecule has 0 unspecified atom stereocenters. The number of hydrogen-bond donors (Lipinski definition) is 2. The molecule has 0 aromatic heterocycles. The van der Waals surface area contributed by atoms with Crippen molar-refractivity contribution in [3.8, 4) is 11.5 Å². The fourth-order valence-corrected chi connectivity index (χ4v) is 3.55. The summed E-state index contributed by atoms with van der Waals surface area (Å²) in [6.07, 6.45) is 1.50. The van der Waals surface area contributed by atoms with Gasteiger partial charge >= 0.3 is 0 Å². The SMILES string of the molecule is COc1ccccc1OCC(=O)NC[C@](O)(c1ccccc1)C1CCOCC1. The number of carbonyl (C=O) groups is 1. The van der Waals surface area contributed by atoms with Gasteiger partial charge in [-0.05, 0) is 36.5 Å². The second kappa shape index (κ2) is 9.57. The standard InChI is InChI=1S/C22H27NO5/c1-26-19-9-5-6-10-20(19)28-15-21(24)23-16-22(25,17-7-3-2-4-8-17)18-11-13-27-14-12-18/h2-10,18,25H,11-16H2,1H3,(H,23,24)/t22-/m0/s1. The molecule has 0 saturated carbocycles. The molecule has 6 heteroatoms. The van der Waals surface area contributed by atoms with Crippen molar-refractivity contribution >= 4 is 5.91 Å². The quantitative estimate of drug-likeness (QED) is 0.730. The maximum Gasteiger partial charge on any atom is 0.258 e. The van der Waals surface area contributed by atoms with Crippen molar-refractivity contribution in [3.63, 3.8) is 0 Å². The molecule has 0 radical (unpaired) electrons. The van der Waals surface area contributed by atoms with Gasteiger partial charge in [0.05, 0.1) is 13.7 Å². The fourth-order valence-electron chi connectivity index (χ4n) is 3.55. The Balaban J connectivity index is 1.63. The van der Waals surface area contributed by atoms with E-state index in [0.717, 1.165) is 18.4 Å². The number of carbonyl (C=O) groups excluding carboxylic acids is 1. The average Bonchev–Trinajstić information content (AvgIpc) is 2.77. The third-order valence-corrected chi connectivity index (χ3v) is 5.15. The van der Waals surface area contributed by atoms with Crippen molar-refractivity contribution in [2.75, 3.05) is 33.5 Å². The van der Waals surface area contributed by atoms with Crippen LogP contribution in [-0.4, -0.2) is 44.5 Å². The lowest BCUT2D eigenvalue weighted by Crippen LogP contribution is -2.48. The maximum atomic E-state index is 12.4. The first-order valence-corrected chi connectivity index (χ1v) is 9.51. The summed E-state index contributed by atoms with van der Waals surface area (Å²) in [6.45, 7) is 1.20. The minimum absolute atomic E-state index is 0.0130. The van der Waals surface area contributed by atoms with Gasteiger partial charge in [-0.1, -0.05) is 42.5 Å². The molecule has 0 spiro atoms. The van der Waals surface area contributed by atoms with E-state index in [9.17, 15) is 9.90 Å². The summed E-state index contributed by atoms with van der Waals surface area (Å²) in [7, 11) is 1.55. The minimum Gasteiger partial charge on any atom is -0.493 e. The average molecular weight is 385 g/mol. The lowest BCUT2D eigenvalue weighted by atomic mass is 9.77.